The maximum absolute atomic E-state index is 5.63. The summed E-state index contributed by atoms with van der Waals surface area (Å²) in [6.07, 6.45) is 6.86. The van der Waals surface area contributed by atoms with Gasteiger partial charge in [0.05, 0.1) is 27.5 Å². The highest BCUT2D eigenvalue weighted by Gasteiger charge is 2.82. The molecule has 1 fully saturated rings. The molecule has 6 heteroatoms. The molecular formula is C57H37N5S. The van der Waals surface area contributed by atoms with Crippen LogP contribution in [0.1, 0.15) is 16.7 Å². The summed E-state index contributed by atoms with van der Waals surface area (Å²) in [7, 11) is 0. The van der Waals surface area contributed by atoms with Gasteiger partial charge in [0.2, 0.25) is 0 Å². The number of benzene rings is 8. The van der Waals surface area contributed by atoms with Gasteiger partial charge in [-0.05, 0) is 83.4 Å². The van der Waals surface area contributed by atoms with Crippen molar-refractivity contribution in [3.63, 3.8) is 0 Å². The van der Waals surface area contributed by atoms with E-state index in [0.29, 0.717) is 0 Å². The first-order valence-electron chi connectivity index (χ1n) is 21.6. The highest BCUT2D eigenvalue weighted by Crippen LogP contribution is 2.78. The molecule has 2 aliphatic heterocycles. The van der Waals surface area contributed by atoms with E-state index in [2.05, 4.69) is 227 Å². The van der Waals surface area contributed by atoms with Gasteiger partial charge in [-0.1, -0.05) is 157 Å². The lowest BCUT2D eigenvalue weighted by Gasteiger charge is -2.26. The fourth-order valence-electron chi connectivity index (χ4n) is 11.0. The molecule has 10 aromatic rings. The van der Waals surface area contributed by atoms with Gasteiger partial charge in [0.1, 0.15) is 11.7 Å². The highest BCUT2D eigenvalue weighted by molar-refractivity contribution is 8.03. The Morgan fingerprint density at radius 1 is 0.460 bits per heavy atom. The summed E-state index contributed by atoms with van der Waals surface area (Å²) in [5.41, 5.74) is 11.7. The predicted octanol–water partition coefficient (Wildman–Crippen LogP) is 13.2. The summed E-state index contributed by atoms with van der Waals surface area (Å²) in [5.74, 6) is 1.80. The van der Waals surface area contributed by atoms with Crippen LogP contribution in [0.15, 0.2) is 232 Å². The molecule has 8 aromatic carbocycles. The fourth-order valence-corrected chi connectivity index (χ4v) is 12.4. The van der Waals surface area contributed by atoms with Crippen molar-refractivity contribution in [1.29, 1.82) is 0 Å². The Morgan fingerprint density at radius 2 is 0.984 bits per heavy atom. The first-order chi connectivity index (χ1) is 31.2. The summed E-state index contributed by atoms with van der Waals surface area (Å²) >= 11 is 1.88. The SMILES string of the molecule is C1=CC2C3(N=C(c4ccccc4)NC(c4ccccc4)=N3)C23C(=C1)Sc1ccc(-c2ccc4c(c2)c2cc5c(cc2n4-c2ccccc2)c2ccccc2n5-c2ccccc2)cc13. The van der Waals surface area contributed by atoms with Crippen LogP contribution in [0.3, 0.4) is 0 Å². The lowest BCUT2D eigenvalue weighted by molar-refractivity contribution is 0.611. The van der Waals surface area contributed by atoms with Crippen LogP contribution in [0.2, 0.25) is 0 Å². The van der Waals surface area contributed by atoms with E-state index in [1.54, 1.807) is 0 Å². The zero-order chi connectivity index (χ0) is 41.3. The molecule has 0 bridgehead atoms. The van der Waals surface area contributed by atoms with Crippen LogP contribution >= 0.6 is 11.8 Å². The largest absolute Gasteiger partial charge is 0.324 e. The molecule has 2 spiro atoms. The van der Waals surface area contributed by atoms with E-state index in [4.69, 9.17) is 9.98 Å². The number of amidine groups is 2. The third kappa shape index (κ3) is 4.79. The summed E-state index contributed by atoms with van der Waals surface area (Å²) in [5, 5.41) is 8.59. The van der Waals surface area contributed by atoms with Crippen LogP contribution in [0.4, 0.5) is 0 Å². The van der Waals surface area contributed by atoms with E-state index in [0.717, 1.165) is 34.2 Å². The monoisotopic (exact) mass is 823 g/mol. The average molecular weight is 824 g/mol. The normalized spacial score (nSPS) is 19.1. The van der Waals surface area contributed by atoms with Crippen LogP contribution in [-0.4, -0.2) is 26.5 Å². The Hall–Kier alpha value is -7.67. The van der Waals surface area contributed by atoms with E-state index >= 15 is 0 Å². The van der Waals surface area contributed by atoms with Crippen LogP contribution in [0.25, 0.3) is 66.1 Å². The van der Waals surface area contributed by atoms with Gasteiger partial charge in [0.15, 0.2) is 5.66 Å². The molecule has 0 radical (unpaired) electrons. The van der Waals surface area contributed by atoms with E-state index in [-0.39, 0.29) is 5.92 Å². The van der Waals surface area contributed by atoms with Gasteiger partial charge < -0.3 is 14.5 Å². The van der Waals surface area contributed by atoms with E-state index in [1.807, 2.05) is 11.8 Å². The van der Waals surface area contributed by atoms with E-state index < -0.39 is 11.1 Å². The molecule has 14 rings (SSSR count). The molecule has 2 aromatic heterocycles. The van der Waals surface area contributed by atoms with Gasteiger partial charge in [-0.2, -0.15) is 0 Å². The topological polar surface area (TPSA) is 46.6 Å². The van der Waals surface area contributed by atoms with Crippen LogP contribution in [-0.2, 0) is 5.41 Å². The molecule has 1 saturated carbocycles. The van der Waals surface area contributed by atoms with E-state index in [1.165, 1.54) is 70.1 Å². The number of fused-ring (bicyclic) bond motifs is 8. The van der Waals surface area contributed by atoms with Crippen molar-refractivity contribution in [2.75, 3.05) is 0 Å². The fraction of sp³-hybridized carbons (Fsp3) is 0.0526. The number of nitrogens with one attached hydrogen (secondary N) is 1. The first kappa shape index (κ1) is 35.0. The number of nitrogens with zero attached hydrogens (tertiary/aromatic N) is 4. The lowest BCUT2D eigenvalue weighted by atomic mass is 9.87. The van der Waals surface area contributed by atoms with Gasteiger partial charge in [0.25, 0.3) is 0 Å². The molecule has 4 aliphatic rings. The highest BCUT2D eigenvalue weighted by atomic mass is 32.2. The van der Waals surface area contributed by atoms with Crippen LogP contribution in [0.5, 0.6) is 0 Å². The number of rotatable bonds is 5. The maximum atomic E-state index is 5.63. The van der Waals surface area contributed by atoms with Crippen molar-refractivity contribution in [1.82, 2.24) is 14.5 Å². The van der Waals surface area contributed by atoms with E-state index in [9.17, 15) is 0 Å². The Bertz CT molecular complexity index is 3620. The molecule has 0 amide bonds. The summed E-state index contributed by atoms with van der Waals surface area (Å²) in [6.45, 7) is 0. The molecule has 1 N–H and O–H groups in total. The summed E-state index contributed by atoms with van der Waals surface area (Å²) < 4.78 is 4.85. The molecule has 5 nitrogen and oxygen atoms in total. The number of para-hydroxylation sites is 3. The lowest BCUT2D eigenvalue weighted by Crippen LogP contribution is -2.40. The minimum atomic E-state index is -0.722. The third-order valence-electron chi connectivity index (χ3n) is 13.8. The van der Waals surface area contributed by atoms with Crippen LogP contribution in [0, 0.1) is 5.92 Å². The van der Waals surface area contributed by atoms with Gasteiger partial charge in [-0.15, -0.1) is 0 Å². The Kier molecular flexibility index (Phi) is 7.18. The number of allylic oxidation sites excluding steroid dienone is 2. The molecule has 296 valence electrons. The average Bonchev–Trinajstić information content (AvgIpc) is 3.62. The maximum Gasteiger partial charge on any atom is 0.177 e. The van der Waals surface area contributed by atoms with Gasteiger partial charge in [0, 0.05) is 59.8 Å². The quantitative estimate of drug-likeness (QED) is 0.188. The first-order valence-corrected chi connectivity index (χ1v) is 22.4. The van der Waals surface area contributed by atoms with Gasteiger partial charge in [-0.25, -0.2) is 9.98 Å². The number of hydrogen-bond donors (Lipinski definition) is 1. The zero-order valence-electron chi connectivity index (χ0n) is 34.0. The summed E-state index contributed by atoms with van der Waals surface area (Å²) in [6, 6.07) is 70.2. The minimum Gasteiger partial charge on any atom is -0.324 e. The standard InChI is InChI=1S/C57H37N5S/c1-5-16-36(17-6-1)54-58-55(37-18-7-2-8-19-37)60-57(59-54)52-26-15-27-53-56(52,57)46-33-39(29-31-51(46)63-53)38-28-30-48-43(32-38)45-35-49-44(34-50(45)62(48)41-22-11-4-12-23-41)42-24-13-14-25-47(42)61(49)40-20-9-3-10-21-40/h1-35,52H,(H,58,59,60). The second-order valence-corrected chi connectivity index (χ2v) is 18.1. The van der Waals surface area contributed by atoms with Crippen molar-refractivity contribution in [3.05, 3.63) is 234 Å². The molecule has 0 saturated heterocycles. The Balaban J connectivity index is 0.976. The molecule has 2 atom stereocenters. The Morgan fingerprint density at radius 3 is 1.63 bits per heavy atom. The Labute approximate surface area is 368 Å². The zero-order valence-corrected chi connectivity index (χ0v) is 34.8. The number of aromatic nitrogens is 2. The molecule has 4 heterocycles. The van der Waals surface area contributed by atoms with Gasteiger partial charge >= 0.3 is 0 Å². The minimum absolute atomic E-state index is 0.0821. The third-order valence-corrected chi connectivity index (χ3v) is 15.0. The van der Waals surface area contributed by atoms with Crippen molar-refractivity contribution in [2.45, 2.75) is 16.0 Å². The molecule has 2 unspecified atom stereocenters. The smallest absolute Gasteiger partial charge is 0.177 e. The van der Waals surface area contributed by atoms with Crippen LogP contribution < -0.4 is 5.32 Å². The second-order valence-electron chi connectivity index (χ2n) is 17.0. The van der Waals surface area contributed by atoms with Crippen molar-refractivity contribution < 1.29 is 0 Å². The van der Waals surface area contributed by atoms with Gasteiger partial charge in [-0.3, -0.25) is 0 Å². The molecule has 63 heavy (non-hydrogen) atoms. The summed E-state index contributed by atoms with van der Waals surface area (Å²) in [4.78, 5) is 13.9. The predicted molar refractivity (Wildman–Crippen MR) is 261 cm³/mol. The number of thioether (sulfide) groups is 1. The van der Waals surface area contributed by atoms with Crippen molar-refractivity contribution in [3.8, 4) is 22.5 Å². The number of aliphatic imine (C=N–C) groups is 2. The molecular weight excluding hydrogens is 787 g/mol. The molecule has 2 aliphatic carbocycles. The second kappa shape index (κ2) is 12.9. The van der Waals surface area contributed by atoms with Crippen molar-refractivity contribution >= 4 is 67.0 Å². The van der Waals surface area contributed by atoms with Crippen molar-refractivity contribution in [2.24, 2.45) is 15.9 Å². The number of hydrogen-bond acceptors (Lipinski definition) is 4.